The third-order valence-electron chi connectivity index (χ3n) is 3.12. The van der Waals surface area contributed by atoms with Gasteiger partial charge in [-0.2, -0.15) is 13.2 Å². The lowest BCUT2D eigenvalue weighted by molar-refractivity contribution is -0.144. The van der Waals surface area contributed by atoms with Gasteiger partial charge in [0.05, 0.1) is 10.7 Å². The SMILES string of the molecule is Cn1c(C(F)(F)F)cc(=O)n(-c2cc(S(=O)(=O)Cl)c(Cl)cc2F)c1=O. The van der Waals surface area contributed by atoms with E-state index in [0.717, 1.165) is 0 Å². The van der Waals surface area contributed by atoms with Gasteiger partial charge in [0, 0.05) is 23.8 Å². The Bertz CT molecular complexity index is 1090. The van der Waals surface area contributed by atoms with E-state index in [1.165, 1.54) is 0 Å². The van der Waals surface area contributed by atoms with Crippen molar-refractivity contribution in [1.29, 1.82) is 0 Å². The van der Waals surface area contributed by atoms with Crippen LogP contribution in [0.15, 0.2) is 32.7 Å². The zero-order valence-corrected chi connectivity index (χ0v) is 14.3. The number of hydrogen-bond acceptors (Lipinski definition) is 4. The summed E-state index contributed by atoms with van der Waals surface area (Å²) in [6, 6.07) is 1.02. The lowest BCUT2D eigenvalue weighted by Crippen LogP contribution is -2.41. The Morgan fingerprint density at radius 1 is 1.12 bits per heavy atom. The molecule has 0 aliphatic heterocycles. The van der Waals surface area contributed by atoms with Crippen LogP contribution in [-0.2, 0) is 22.3 Å². The molecule has 0 unspecified atom stereocenters. The van der Waals surface area contributed by atoms with E-state index < -0.39 is 53.6 Å². The van der Waals surface area contributed by atoms with Gasteiger partial charge >= 0.3 is 11.9 Å². The third-order valence-corrected chi connectivity index (χ3v) is 4.90. The molecule has 0 aliphatic carbocycles. The monoisotopic (exact) mass is 420 g/mol. The van der Waals surface area contributed by atoms with Crippen molar-refractivity contribution in [2.24, 2.45) is 7.05 Å². The first-order valence-corrected chi connectivity index (χ1v) is 8.78. The normalized spacial score (nSPS) is 12.4. The molecule has 0 bridgehead atoms. The fourth-order valence-corrected chi connectivity index (χ4v) is 3.50. The molecule has 0 aliphatic rings. The Hall–Kier alpha value is -1.85. The molecule has 0 radical (unpaired) electrons. The second-order valence-corrected chi connectivity index (χ2v) is 7.66. The van der Waals surface area contributed by atoms with E-state index in [0.29, 0.717) is 19.2 Å². The van der Waals surface area contributed by atoms with Gasteiger partial charge in [-0.1, -0.05) is 11.6 Å². The van der Waals surface area contributed by atoms with Crippen LogP contribution in [0.1, 0.15) is 5.69 Å². The highest BCUT2D eigenvalue weighted by molar-refractivity contribution is 8.13. The number of benzene rings is 1. The van der Waals surface area contributed by atoms with Crippen molar-refractivity contribution in [3.8, 4) is 5.69 Å². The van der Waals surface area contributed by atoms with Gasteiger partial charge in [-0.25, -0.2) is 22.2 Å². The Kier molecular flexibility index (Phi) is 4.79. The Labute approximate surface area is 146 Å². The van der Waals surface area contributed by atoms with Crippen molar-refractivity contribution in [1.82, 2.24) is 9.13 Å². The van der Waals surface area contributed by atoms with E-state index >= 15 is 0 Å². The summed E-state index contributed by atoms with van der Waals surface area (Å²) in [5, 5.41) is -0.631. The number of hydrogen-bond donors (Lipinski definition) is 0. The van der Waals surface area contributed by atoms with Crippen molar-refractivity contribution < 1.29 is 26.0 Å². The molecule has 2 rings (SSSR count). The van der Waals surface area contributed by atoms with Gasteiger partial charge in [0.1, 0.15) is 16.4 Å². The molecule has 25 heavy (non-hydrogen) atoms. The second kappa shape index (κ2) is 6.15. The highest BCUT2D eigenvalue weighted by Crippen LogP contribution is 2.29. The van der Waals surface area contributed by atoms with E-state index in [4.69, 9.17) is 22.3 Å². The van der Waals surface area contributed by atoms with Crippen molar-refractivity contribution in [3.63, 3.8) is 0 Å². The van der Waals surface area contributed by atoms with Crippen LogP contribution < -0.4 is 11.2 Å². The molecule has 0 saturated heterocycles. The average Bonchev–Trinajstić information content (AvgIpc) is 2.42. The molecule has 1 aromatic heterocycles. The molecule has 13 heteroatoms. The average molecular weight is 421 g/mol. The van der Waals surface area contributed by atoms with E-state index in [1.54, 1.807) is 0 Å². The van der Waals surface area contributed by atoms with Gasteiger partial charge < -0.3 is 0 Å². The third kappa shape index (κ3) is 3.58. The van der Waals surface area contributed by atoms with Crippen LogP contribution in [0, 0.1) is 5.82 Å². The minimum absolute atomic E-state index is 0.0342. The first-order valence-electron chi connectivity index (χ1n) is 6.09. The van der Waals surface area contributed by atoms with Gasteiger partial charge in [-0.15, -0.1) is 0 Å². The summed E-state index contributed by atoms with van der Waals surface area (Å²) in [6.07, 6.45) is -5.00. The molecule has 0 saturated carbocycles. The van der Waals surface area contributed by atoms with Gasteiger partial charge in [-0.3, -0.25) is 9.36 Å². The molecule has 1 aromatic carbocycles. The Morgan fingerprint density at radius 3 is 2.16 bits per heavy atom. The lowest BCUT2D eigenvalue weighted by Gasteiger charge is -2.14. The molecule has 0 N–H and O–H groups in total. The van der Waals surface area contributed by atoms with Crippen LogP contribution in [0.5, 0.6) is 0 Å². The molecule has 1 heterocycles. The lowest BCUT2D eigenvalue weighted by atomic mass is 10.3. The minimum atomic E-state index is -5.00. The van der Waals surface area contributed by atoms with Crippen molar-refractivity contribution in [2.75, 3.05) is 0 Å². The number of nitrogens with zero attached hydrogens (tertiary/aromatic N) is 2. The maximum Gasteiger partial charge on any atom is 0.431 e. The fraction of sp³-hybridized carbons (Fsp3) is 0.167. The largest absolute Gasteiger partial charge is 0.431 e. The molecule has 2 aromatic rings. The zero-order chi connectivity index (χ0) is 19.3. The standard InChI is InChI=1S/C12H6Cl2F4N2O4S/c1-19-9(12(16,17)18)4-10(21)20(11(19)22)7-3-8(25(14,23)24)5(13)2-6(7)15/h2-4H,1H3. The number of rotatable bonds is 2. The van der Waals surface area contributed by atoms with E-state index in [-0.39, 0.29) is 15.2 Å². The molecule has 6 nitrogen and oxygen atoms in total. The summed E-state index contributed by atoms with van der Waals surface area (Å²) >= 11 is 5.55. The van der Waals surface area contributed by atoms with Gasteiger partial charge in [0.15, 0.2) is 0 Å². The minimum Gasteiger partial charge on any atom is -0.292 e. The Morgan fingerprint density at radius 2 is 1.68 bits per heavy atom. The topological polar surface area (TPSA) is 78.1 Å². The van der Waals surface area contributed by atoms with Crippen LogP contribution in [0.3, 0.4) is 0 Å². The first kappa shape index (κ1) is 19.5. The molecule has 0 atom stereocenters. The van der Waals surface area contributed by atoms with Gasteiger partial charge in [-0.05, 0) is 12.1 Å². The molecular formula is C12H6Cl2F4N2O4S. The maximum atomic E-state index is 14.1. The van der Waals surface area contributed by atoms with Crippen molar-refractivity contribution in [3.05, 3.63) is 55.6 Å². The molecular weight excluding hydrogens is 415 g/mol. The van der Waals surface area contributed by atoms with Crippen molar-refractivity contribution >= 4 is 31.3 Å². The molecule has 0 amide bonds. The Balaban J connectivity index is 2.92. The zero-order valence-electron chi connectivity index (χ0n) is 11.9. The predicted octanol–water partition coefficient (Wildman–Crippen LogP) is 2.28. The van der Waals surface area contributed by atoms with E-state index in [1.807, 2.05) is 0 Å². The van der Waals surface area contributed by atoms with Crippen LogP contribution in [0.4, 0.5) is 17.6 Å². The number of aromatic nitrogens is 2. The first-order chi connectivity index (χ1) is 11.2. The quantitative estimate of drug-likeness (QED) is 0.551. The van der Waals surface area contributed by atoms with E-state index in [2.05, 4.69) is 0 Å². The van der Waals surface area contributed by atoms with E-state index in [9.17, 15) is 35.6 Å². The molecule has 0 spiro atoms. The van der Waals surface area contributed by atoms with Crippen LogP contribution in [0.2, 0.25) is 5.02 Å². The number of alkyl halides is 3. The highest BCUT2D eigenvalue weighted by Gasteiger charge is 2.35. The highest BCUT2D eigenvalue weighted by atomic mass is 35.7. The summed E-state index contributed by atoms with van der Waals surface area (Å²) in [7, 11) is 1.36. The van der Waals surface area contributed by atoms with Crippen molar-refractivity contribution in [2.45, 2.75) is 11.1 Å². The predicted molar refractivity (Wildman–Crippen MR) is 80.3 cm³/mol. The summed E-state index contributed by atoms with van der Waals surface area (Å²) in [5.74, 6) is -1.31. The summed E-state index contributed by atoms with van der Waals surface area (Å²) in [5.41, 5.74) is -5.53. The van der Waals surface area contributed by atoms with Crippen LogP contribution in [0.25, 0.3) is 5.69 Å². The maximum absolute atomic E-state index is 14.1. The summed E-state index contributed by atoms with van der Waals surface area (Å²) < 4.78 is 75.4. The smallest absolute Gasteiger partial charge is 0.292 e. The second-order valence-electron chi connectivity index (χ2n) is 4.71. The van der Waals surface area contributed by atoms with Gasteiger partial charge in [0.2, 0.25) is 0 Å². The van der Waals surface area contributed by atoms with Gasteiger partial charge in [0.25, 0.3) is 14.6 Å². The number of halogens is 6. The fourth-order valence-electron chi connectivity index (χ4n) is 2.00. The summed E-state index contributed by atoms with van der Waals surface area (Å²) in [4.78, 5) is 23.2. The molecule has 0 fully saturated rings. The molecule has 136 valence electrons. The summed E-state index contributed by atoms with van der Waals surface area (Å²) in [6.45, 7) is 0. The van der Waals surface area contributed by atoms with Crippen LogP contribution >= 0.6 is 22.3 Å². The van der Waals surface area contributed by atoms with Crippen LogP contribution in [-0.4, -0.2) is 17.6 Å².